The van der Waals surface area contributed by atoms with Crippen molar-refractivity contribution in [2.24, 2.45) is 0 Å². The zero-order valence-corrected chi connectivity index (χ0v) is 9.78. The van der Waals surface area contributed by atoms with Crippen LogP contribution in [0.5, 0.6) is 0 Å². The predicted molar refractivity (Wildman–Crippen MR) is 61.1 cm³/mol. The molecule has 1 aliphatic heterocycles. The third-order valence-electron chi connectivity index (χ3n) is 3.27. The smallest absolute Gasteiger partial charge is 0.236 e. The first-order valence-corrected chi connectivity index (χ1v) is 5.39. The van der Waals surface area contributed by atoms with Gasteiger partial charge >= 0.3 is 0 Å². The zero-order chi connectivity index (χ0) is 11.9. The van der Waals surface area contributed by atoms with Gasteiger partial charge in [-0.15, -0.1) is 0 Å². The Balaban J connectivity index is 2.47. The van der Waals surface area contributed by atoms with E-state index in [1.54, 1.807) is 7.05 Å². The molecule has 3 heteroatoms. The Bertz CT molecular complexity index is 445. The molecule has 2 amide bonds. The maximum absolute atomic E-state index is 11.9. The minimum absolute atomic E-state index is 0.0811. The number of aryl methyl sites for hydroxylation is 2. The standard InChI is InChI=1S/C13H15NO2/c1-8-5-4-6-9(2)12(8)10-7-11(15)14(3)13(10)16/h4-6,10H,7H2,1-3H3. The average Bonchev–Trinajstić information content (AvgIpc) is 2.47. The SMILES string of the molecule is Cc1cccc(C)c1C1CC(=O)N(C)C1=O. The van der Waals surface area contributed by atoms with Gasteiger partial charge in [0.2, 0.25) is 11.8 Å². The Morgan fingerprint density at radius 2 is 1.75 bits per heavy atom. The molecule has 1 aliphatic rings. The van der Waals surface area contributed by atoms with Crippen molar-refractivity contribution in [3.63, 3.8) is 0 Å². The first kappa shape index (κ1) is 10.9. The van der Waals surface area contributed by atoms with Crippen LogP contribution in [-0.4, -0.2) is 23.8 Å². The lowest BCUT2D eigenvalue weighted by molar-refractivity contribution is -0.137. The van der Waals surface area contributed by atoms with E-state index >= 15 is 0 Å². The number of imide groups is 1. The maximum Gasteiger partial charge on any atom is 0.236 e. The molecule has 1 saturated heterocycles. The van der Waals surface area contributed by atoms with Crippen molar-refractivity contribution < 1.29 is 9.59 Å². The molecule has 0 saturated carbocycles. The molecule has 1 fully saturated rings. The molecule has 2 rings (SSSR count). The molecule has 1 aromatic carbocycles. The Hall–Kier alpha value is -1.64. The van der Waals surface area contributed by atoms with Crippen molar-refractivity contribution in [1.29, 1.82) is 0 Å². The Morgan fingerprint density at radius 3 is 2.19 bits per heavy atom. The lowest BCUT2D eigenvalue weighted by Gasteiger charge is -2.14. The van der Waals surface area contributed by atoms with Crippen molar-refractivity contribution in [3.8, 4) is 0 Å². The topological polar surface area (TPSA) is 37.4 Å². The van der Waals surface area contributed by atoms with E-state index in [4.69, 9.17) is 0 Å². The molecule has 0 radical (unpaired) electrons. The molecular formula is C13H15NO2. The van der Waals surface area contributed by atoms with Crippen LogP contribution in [0.4, 0.5) is 0 Å². The van der Waals surface area contributed by atoms with E-state index in [2.05, 4.69) is 0 Å². The molecule has 1 aromatic rings. The molecule has 84 valence electrons. The summed E-state index contributed by atoms with van der Waals surface area (Å²) in [5.41, 5.74) is 3.19. The van der Waals surface area contributed by atoms with Gasteiger partial charge in [-0.2, -0.15) is 0 Å². The van der Waals surface area contributed by atoms with Gasteiger partial charge in [0.05, 0.1) is 5.92 Å². The Morgan fingerprint density at radius 1 is 1.19 bits per heavy atom. The lowest BCUT2D eigenvalue weighted by atomic mass is 9.90. The second-order valence-corrected chi connectivity index (χ2v) is 4.35. The van der Waals surface area contributed by atoms with E-state index in [9.17, 15) is 9.59 Å². The van der Waals surface area contributed by atoms with Gasteiger partial charge in [-0.3, -0.25) is 14.5 Å². The highest BCUT2D eigenvalue weighted by Gasteiger charge is 2.38. The van der Waals surface area contributed by atoms with Crippen LogP contribution in [0.1, 0.15) is 29.0 Å². The highest BCUT2D eigenvalue weighted by molar-refractivity contribution is 6.06. The third kappa shape index (κ3) is 1.52. The molecule has 0 aromatic heterocycles. The van der Waals surface area contributed by atoms with Crippen LogP contribution in [0.25, 0.3) is 0 Å². The first-order chi connectivity index (χ1) is 7.52. The fourth-order valence-corrected chi connectivity index (χ4v) is 2.36. The molecule has 3 nitrogen and oxygen atoms in total. The molecule has 1 heterocycles. The van der Waals surface area contributed by atoms with E-state index in [0.717, 1.165) is 16.7 Å². The lowest BCUT2D eigenvalue weighted by Crippen LogP contribution is -2.25. The summed E-state index contributed by atoms with van der Waals surface area (Å²) in [6.45, 7) is 3.97. The van der Waals surface area contributed by atoms with Crippen LogP contribution < -0.4 is 0 Å². The van der Waals surface area contributed by atoms with Gasteiger partial charge in [0.25, 0.3) is 0 Å². The van der Waals surface area contributed by atoms with Crippen molar-refractivity contribution in [1.82, 2.24) is 4.90 Å². The maximum atomic E-state index is 11.9. The Labute approximate surface area is 95.1 Å². The molecule has 1 unspecified atom stereocenters. The Kier molecular flexibility index (Phi) is 2.54. The number of hydrogen-bond donors (Lipinski definition) is 0. The number of carbonyl (C=O) groups is 2. The summed E-state index contributed by atoms with van der Waals surface area (Å²) in [6, 6.07) is 5.94. The van der Waals surface area contributed by atoms with Gasteiger partial charge in [0.1, 0.15) is 0 Å². The van der Waals surface area contributed by atoms with E-state index in [0.29, 0.717) is 6.42 Å². The molecule has 0 N–H and O–H groups in total. The van der Waals surface area contributed by atoms with Gasteiger partial charge in [-0.25, -0.2) is 0 Å². The normalized spacial score (nSPS) is 20.7. The molecular weight excluding hydrogens is 202 g/mol. The molecule has 0 bridgehead atoms. The minimum atomic E-state index is -0.279. The van der Waals surface area contributed by atoms with Crippen LogP contribution in [0, 0.1) is 13.8 Å². The largest absolute Gasteiger partial charge is 0.285 e. The number of nitrogens with zero attached hydrogens (tertiary/aromatic N) is 1. The zero-order valence-electron chi connectivity index (χ0n) is 9.78. The number of likely N-dealkylation sites (tertiary alicyclic amines) is 1. The highest BCUT2D eigenvalue weighted by Crippen LogP contribution is 2.32. The number of likely N-dealkylation sites (N-methyl/N-ethyl adjacent to an activating group) is 1. The molecule has 0 spiro atoms. The summed E-state index contributed by atoms with van der Waals surface area (Å²) >= 11 is 0. The summed E-state index contributed by atoms with van der Waals surface area (Å²) in [4.78, 5) is 24.7. The molecule has 0 aliphatic carbocycles. The summed E-state index contributed by atoms with van der Waals surface area (Å²) in [5.74, 6) is -0.446. The fourth-order valence-electron chi connectivity index (χ4n) is 2.36. The van der Waals surface area contributed by atoms with Crippen LogP contribution in [0.15, 0.2) is 18.2 Å². The van der Waals surface area contributed by atoms with Gasteiger partial charge in [0, 0.05) is 13.5 Å². The van der Waals surface area contributed by atoms with E-state index < -0.39 is 0 Å². The monoisotopic (exact) mass is 217 g/mol. The predicted octanol–water partition coefficient (Wildman–Crippen LogP) is 1.78. The average molecular weight is 217 g/mol. The number of rotatable bonds is 1. The quantitative estimate of drug-likeness (QED) is 0.672. The van der Waals surface area contributed by atoms with Gasteiger partial charge in [-0.1, -0.05) is 18.2 Å². The molecule has 1 atom stereocenters. The summed E-state index contributed by atoms with van der Waals surface area (Å²) in [6.07, 6.45) is 0.307. The summed E-state index contributed by atoms with van der Waals surface area (Å²) < 4.78 is 0. The van der Waals surface area contributed by atoms with Crippen molar-refractivity contribution in [2.45, 2.75) is 26.2 Å². The molecule has 16 heavy (non-hydrogen) atoms. The van der Waals surface area contributed by atoms with Crippen molar-refractivity contribution in [3.05, 3.63) is 34.9 Å². The summed E-state index contributed by atoms with van der Waals surface area (Å²) in [5, 5.41) is 0. The van der Waals surface area contributed by atoms with Crippen LogP contribution in [0.2, 0.25) is 0 Å². The van der Waals surface area contributed by atoms with E-state index in [1.807, 2.05) is 32.0 Å². The van der Waals surface area contributed by atoms with E-state index in [-0.39, 0.29) is 17.7 Å². The number of benzene rings is 1. The summed E-state index contributed by atoms with van der Waals surface area (Å²) in [7, 11) is 1.55. The van der Waals surface area contributed by atoms with Crippen molar-refractivity contribution in [2.75, 3.05) is 7.05 Å². The van der Waals surface area contributed by atoms with E-state index in [1.165, 1.54) is 4.90 Å². The van der Waals surface area contributed by atoms with Gasteiger partial charge in [-0.05, 0) is 30.5 Å². The van der Waals surface area contributed by atoms with Crippen LogP contribution in [-0.2, 0) is 9.59 Å². The van der Waals surface area contributed by atoms with Crippen LogP contribution >= 0.6 is 0 Å². The second-order valence-electron chi connectivity index (χ2n) is 4.35. The first-order valence-electron chi connectivity index (χ1n) is 5.39. The number of amides is 2. The van der Waals surface area contributed by atoms with Gasteiger partial charge < -0.3 is 0 Å². The van der Waals surface area contributed by atoms with Gasteiger partial charge in [0.15, 0.2) is 0 Å². The fraction of sp³-hybridized carbons (Fsp3) is 0.385. The number of carbonyl (C=O) groups excluding carboxylic acids is 2. The van der Waals surface area contributed by atoms with Crippen molar-refractivity contribution >= 4 is 11.8 Å². The minimum Gasteiger partial charge on any atom is -0.285 e. The number of hydrogen-bond acceptors (Lipinski definition) is 2. The second kappa shape index (κ2) is 3.74. The highest BCUT2D eigenvalue weighted by atomic mass is 16.2. The van der Waals surface area contributed by atoms with Crippen LogP contribution in [0.3, 0.4) is 0 Å². The third-order valence-corrected chi connectivity index (χ3v) is 3.27.